The molecule has 4 N–H and O–H groups in total. The minimum Gasteiger partial charge on any atom is -0.351 e. The van der Waals surface area contributed by atoms with Crippen molar-refractivity contribution in [3.05, 3.63) is 29.8 Å². The third-order valence-electron chi connectivity index (χ3n) is 5.35. The van der Waals surface area contributed by atoms with Crippen LogP contribution in [0.5, 0.6) is 0 Å². The largest absolute Gasteiger partial charge is 0.416 e. The van der Waals surface area contributed by atoms with Crippen molar-refractivity contribution < 1.29 is 32.6 Å². The van der Waals surface area contributed by atoms with Crippen LogP contribution < -0.4 is 20.4 Å². The van der Waals surface area contributed by atoms with Crippen LogP contribution in [0.4, 0.5) is 18.9 Å². The molecule has 0 aliphatic carbocycles. The highest BCUT2D eigenvalue weighted by Gasteiger charge is 2.32. The van der Waals surface area contributed by atoms with Crippen LogP contribution in [0.3, 0.4) is 0 Å². The molecule has 0 aromatic heterocycles. The van der Waals surface area contributed by atoms with Crippen molar-refractivity contribution >= 4 is 17.5 Å². The van der Waals surface area contributed by atoms with Crippen LogP contribution >= 0.6 is 0 Å². The topological polar surface area (TPSA) is 67.1 Å². The summed E-state index contributed by atoms with van der Waals surface area (Å²) in [7, 11) is 0. The molecule has 0 saturated carbocycles. The molecule has 1 aromatic carbocycles. The van der Waals surface area contributed by atoms with E-state index in [9.17, 15) is 22.8 Å². The van der Waals surface area contributed by atoms with Gasteiger partial charge in [0, 0.05) is 12.2 Å². The zero-order chi connectivity index (χ0) is 21.4. The molecule has 0 spiro atoms. The highest BCUT2D eigenvalue weighted by Crippen LogP contribution is 2.29. The predicted octanol–water partition coefficient (Wildman–Crippen LogP) is -0.268. The van der Waals surface area contributed by atoms with Gasteiger partial charge in [0.2, 0.25) is 0 Å². The molecule has 2 amide bonds. The van der Waals surface area contributed by atoms with Crippen molar-refractivity contribution in [2.24, 2.45) is 0 Å². The monoisotopic (exact) mass is 416 g/mol. The predicted molar refractivity (Wildman–Crippen MR) is 104 cm³/mol. The number of quaternary nitrogens is 2. The summed E-state index contributed by atoms with van der Waals surface area (Å²) in [6.07, 6.45) is -2.37. The maximum Gasteiger partial charge on any atom is 0.416 e. The SMILES string of the molecule is CCCCNC(=O)C[NH+]1CC[NH+]([C@H](C)C(=O)Nc2ccc(C(F)(F)F)cc2)CC1. The van der Waals surface area contributed by atoms with E-state index in [-0.39, 0.29) is 17.9 Å². The van der Waals surface area contributed by atoms with Crippen LogP contribution in [0.25, 0.3) is 0 Å². The fourth-order valence-electron chi connectivity index (χ4n) is 3.41. The zero-order valence-electron chi connectivity index (χ0n) is 17.0. The van der Waals surface area contributed by atoms with Crippen LogP contribution in [-0.4, -0.2) is 57.1 Å². The lowest BCUT2D eigenvalue weighted by Gasteiger charge is -2.32. The number of piperazine rings is 1. The molecule has 6 nitrogen and oxygen atoms in total. The molecule has 1 atom stereocenters. The van der Waals surface area contributed by atoms with Gasteiger partial charge in [0.15, 0.2) is 12.6 Å². The van der Waals surface area contributed by atoms with Gasteiger partial charge in [0.25, 0.3) is 11.8 Å². The number of unbranched alkanes of at least 4 members (excludes halogenated alkanes) is 1. The van der Waals surface area contributed by atoms with Crippen LogP contribution in [-0.2, 0) is 15.8 Å². The molecule has 1 fully saturated rings. The van der Waals surface area contributed by atoms with Gasteiger partial charge in [0.05, 0.1) is 5.56 Å². The van der Waals surface area contributed by atoms with Crippen LogP contribution in [0.15, 0.2) is 24.3 Å². The molecule has 2 rings (SSSR count). The molecule has 162 valence electrons. The summed E-state index contributed by atoms with van der Waals surface area (Å²) in [4.78, 5) is 26.7. The van der Waals surface area contributed by atoms with Gasteiger partial charge in [-0.15, -0.1) is 0 Å². The van der Waals surface area contributed by atoms with Gasteiger partial charge < -0.3 is 20.4 Å². The smallest absolute Gasteiger partial charge is 0.351 e. The highest BCUT2D eigenvalue weighted by molar-refractivity contribution is 5.93. The van der Waals surface area contributed by atoms with Crippen LogP contribution in [0, 0.1) is 0 Å². The zero-order valence-corrected chi connectivity index (χ0v) is 17.0. The van der Waals surface area contributed by atoms with Crippen molar-refractivity contribution in [3.8, 4) is 0 Å². The lowest BCUT2D eigenvalue weighted by molar-refractivity contribution is -1.01. The molecular weight excluding hydrogens is 385 g/mol. The third-order valence-corrected chi connectivity index (χ3v) is 5.35. The summed E-state index contributed by atoms with van der Waals surface area (Å²) in [5.41, 5.74) is -0.394. The first-order valence-corrected chi connectivity index (χ1v) is 10.1. The average Bonchev–Trinajstić information content (AvgIpc) is 2.68. The standard InChI is InChI=1S/C20H29F3N4O2/c1-3-4-9-24-18(28)14-26-10-12-27(13-11-26)15(2)19(29)25-17-7-5-16(6-8-17)20(21,22)23/h5-8,15H,3-4,9-14H2,1-2H3,(H,24,28)(H,25,29)/p+2/t15-/m1/s1. The summed E-state index contributed by atoms with van der Waals surface area (Å²) in [5.74, 6) is -0.162. The number of rotatable bonds is 8. The van der Waals surface area contributed by atoms with Crippen molar-refractivity contribution in [1.29, 1.82) is 0 Å². The molecule has 1 aromatic rings. The number of hydrogen-bond donors (Lipinski definition) is 4. The van der Waals surface area contributed by atoms with E-state index in [2.05, 4.69) is 17.6 Å². The molecule has 9 heteroatoms. The van der Waals surface area contributed by atoms with E-state index in [0.717, 1.165) is 56.1 Å². The Morgan fingerprint density at radius 2 is 1.72 bits per heavy atom. The van der Waals surface area contributed by atoms with Crippen molar-refractivity contribution in [2.45, 2.75) is 38.9 Å². The molecule has 29 heavy (non-hydrogen) atoms. The second-order valence-corrected chi connectivity index (χ2v) is 7.57. The van der Waals surface area contributed by atoms with Crippen molar-refractivity contribution in [3.63, 3.8) is 0 Å². The van der Waals surface area contributed by atoms with E-state index in [0.29, 0.717) is 18.8 Å². The number of anilines is 1. The summed E-state index contributed by atoms with van der Waals surface area (Å²) < 4.78 is 37.9. The number of hydrogen-bond acceptors (Lipinski definition) is 2. The first-order chi connectivity index (χ1) is 13.7. The maximum absolute atomic E-state index is 12.6. The van der Waals surface area contributed by atoms with E-state index in [1.54, 1.807) is 0 Å². The number of alkyl halides is 3. The molecule has 1 saturated heterocycles. The van der Waals surface area contributed by atoms with Gasteiger partial charge in [-0.05, 0) is 37.6 Å². The Morgan fingerprint density at radius 3 is 2.28 bits per heavy atom. The molecule has 1 heterocycles. The number of benzene rings is 1. The Labute approximate surface area is 169 Å². The Hall–Kier alpha value is -2.13. The van der Waals surface area contributed by atoms with Crippen molar-refractivity contribution in [2.75, 3.05) is 44.6 Å². The quantitative estimate of drug-likeness (QED) is 0.441. The van der Waals surface area contributed by atoms with Crippen molar-refractivity contribution in [1.82, 2.24) is 5.32 Å². The molecular formula is C20H31F3N4O2+2. The number of halogens is 3. The van der Waals surface area contributed by atoms with Crippen LogP contribution in [0.1, 0.15) is 32.3 Å². The van der Waals surface area contributed by atoms with Gasteiger partial charge in [0.1, 0.15) is 26.2 Å². The number of carbonyl (C=O) groups is 2. The summed E-state index contributed by atoms with van der Waals surface area (Å²) in [6, 6.07) is 4.13. The Morgan fingerprint density at radius 1 is 1.10 bits per heavy atom. The van der Waals surface area contributed by atoms with Gasteiger partial charge in [-0.3, -0.25) is 9.59 Å². The summed E-state index contributed by atoms with van der Waals surface area (Å²) >= 11 is 0. The average molecular weight is 416 g/mol. The number of amides is 2. The molecule has 0 unspecified atom stereocenters. The molecule has 1 aliphatic heterocycles. The molecule has 1 aliphatic rings. The Balaban J connectivity index is 1.77. The van der Waals surface area contributed by atoms with Gasteiger partial charge in [-0.2, -0.15) is 13.2 Å². The minimum absolute atomic E-state index is 0.0602. The Bertz CT molecular complexity index is 671. The first kappa shape index (κ1) is 23.2. The first-order valence-electron chi connectivity index (χ1n) is 10.1. The van der Waals surface area contributed by atoms with Crippen LogP contribution in [0.2, 0.25) is 0 Å². The van der Waals surface area contributed by atoms with E-state index in [1.807, 2.05) is 6.92 Å². The second kappa shape index (κ2) is 10.6. The molecule has 0 radical (unpaired) electrons. The van der Waals surface area contributed by atoms with Gasteiger partial charge in [-0.25, -0.2) is 0 Å². The van der Waals surface area contributed by atoms with E-state index in [1.165, 1.54) is 17.0 Å². The van der Waals surface area contributed by atoms with E-state index >= 15 is 0 Å². The normalized spacial score (nSPS) is 20.7. The van der Waals surface area contributed by atoms with E-state index < -0.39 is 11.7 Å². The lowest BCUT2D eigenvalue weighted by Crippen LogP contribution is -3.30. The maximum atomic E-state index is 12.6. The fraction of sp³-hybridized carbons (Fsp3) is 0.600. The number of nitrogens with one attached hydrogen (secondary N) is 4. The summed E-state index contributed by atoms with van der Waals surface area (Å²) in [6.45, 7) is 8.18. The second-order valence-electron chi connectivity index (χ2n) is 7.57. The van der Waals surface area contributed by atoms with E-state index in [4.69, 9.17) is 0 Å². The highest BCUT2D eigenvalue weighted by atomic mass is 19.4. The molecule has 0 bridgehead atoms. The van der Waals surface area contributed by atoms with Gasteiger partial charge in [-0.1, -0.05) is 13.3 Å². The third kappa shape index (κ3) is 7.32. The van der Waals surface area contributed by atoms with Gasteiger partial charge >= 0.3 is 6.18 Å². The Kier molecular flexibility index (Phi) is 8.45. The fourth-order valence-corrected chi connectivity index (χ4v) is 3.41. The lowest BCUT2D eigenvalue weighted by atomic mass is 10.1. The summed E-state index contributed by atoms with van der Waals surface area (Å²) in [5, 5.41) is 5.61. The number of carbonyl (C=O) groups excluding carboxylic acids is 2. The minimum atomic E-state index is -4.39.